The molecule has 5 heteroatoms. The third-order valence-electron chi connectivity index (χ3n) is 7.47. The van der Waals surface area contributed by atoms with Crippen LogP contribution in [0.15, 0.2) is 72.9 Å². The van der Waals surface area contributed by atoms with Gasteiger partial charge in [0.15, 0.2) is 6.10 Å². The molecule has 0 saturated carbocycles. The van der Waals surface area contributed by atoms with Gasteiger partial charge in [0.25, 0.3) is 0 Å². The van der Waals surface area contributed by atoms with Crippen LogP contribution in [0.1, 0.15) is 155 Å². The molecule has 0 rings (SSSR count). The van der Waals surface area contributed by atoms with Crippen molar-refractivity contribution in [3.05, 3.63) is 72.9 Å². The number of carbonyl (C=O) groups excluding carboxylic acids is 2. The molecule has 0 saturated heterocycles. The first-order valence-electron chi connectivity index (χ1n) is 18.5. The van der Waals surface area contributed by atoms with E-state index < -0.39 is 6.10 Å². The zero-order valence-corrected chi connectivity index (χ0v) is 29.6. The molecule has 5 nitrogen and oxygen atoms in total. The van der Waals surface area contributed by atoms with E-state index in [2.05, 4.69) is 86.8 Å². The maximum Gasteiger partial charge on any atom is 0.306 e. The predicted octanol–water partition coefficient (Wildman–Crippen LogP) is 11.4. The highest BCUT2D eigenvalue weighted by atomic mass is 16.6. The number of hydrogen-bond donors (Lipinski definition) is 1. The molecule has 0 aliphatic rings. The normalized spacial score (nSPS) is 13.0. The predicted molar refractivity (Wildman–Crippen MR) is 196 cm³/mol. The summed E-state index contributed by atoms with van der Waals surface area (Å²) in [7, 11) is 0. The third kappa shape index (κ3) is 34.2. The van der Waals surface area contributed by atoms with Crippen LogP contribution in [0.4, 0.5) is 0 Å². The molecule has 0 heterocycles. The lowest BCUT2D eigenvalue weighted by atomic mass is 10.1. The first-order chi connectivity index (χ1) is 22.6. The van der Waals surface area contributed by atoms with Gasteiger partial charge in [0.1, 0.15) is 6.61 Å². The van der Waals surface area contributed by atoms with Crippen molar-refractivity contribution in [2.24, 2.45) is 0 Å². The minimum Gasteiger partial charge on any atom is -0.462 e. The van der Waals surface area contributed by atoms with E-state index in [-0.39, 0.29) is 31.6 Å². The number of ether oxygens (including phenoxy) is 2. The first kappa shape index (κ1) is 43.3. The Morgan fingerprint density at radius 1 is 0.500 bits per heavy atom. The molecule has 0 radical (unpaired) electrons. The third-order valence-corrected chi connectivity index (χ3v) is 7.47. The van der Waals surface area contributed by atoms with Crippen LogP contribution in [0.5, 0.6) is 0 Å². The molecule has 262 valence electrons. The number of aliphatic hydroxyl groups is 1. The summed E-state index contributed by atoms with van der Waals surface area (Å²) in [6, 6.07) is 0. The summed E-state index contributed by atoms with van der Waals surface area (Å²) in [5.41, 5.74) is 0. The summed E-state index contributed by atoms with van der Waals surface area (Å²) in [5, 5.41) is 9.52. The summed E-state index contributed by atoms with van der Waals surface area (Å²) < 4.78 is 10.5. The second kappa shape index (κ2) is 36.8. The summed E-state index contributed by atoms with van der Waals surface area (Å²) in [5.74, 6) is -0.704. The number of aliphatic hydroxyl groups excluding tert-OH is 1. The van der Waals surface area contributed by atoms with E-state index in [1.54, 1.807) is 0 Å². The van der Waals surface area contributed by atoms with Crippen molar-refractivity contribution in [1.29, 1.82) is 0 Å². The van der Waals surface area contributed by atoms with Gasteiger partial charge in [0, 0.05) is 12.8 Å². The lowest BCUT2D eigenvalue weighted by Crippen LogP contribution is -2.28. The maximum absolute atomic E-state index is 12.1. The molecule has 1 atom stereocenters. The highest BCUT2D eigenvalue weighted by Crippen LogP contribution is 2.08. The Kier molecular flexibility index (Phi) is 34.7. The highest BCUT2D eigenvalue weighted by Gasteiger charge is 2.15. The Morgan fingerprint density at radius 2 is 0.891 bits per heavy atom. The molecule has 0 aromatic heterocycles. The molecule has 0 amide bonds. The van der Waals surface area contributed by atoms with Crippen LogP contribution in [0.3, 0.4) is 0 Å². The van der Waals surface area contributed by atoms with Gasteiger partial charge in [-0.2, -0.15) is 0 Å². The lowest BCUT2D eigenvalue weighted by molar-refractivity contribution is -0.161. The molecule has 1 N–H and O–H groups in total. The average Bonchev–Trinajstić information content (AvgIpc) is 3.06. The topological polar surface area (TPSA) is 72.8 Å². The standard InChI is InChI=1S/C41H68O5/c1-3-5-7-9-11-13-15-17-19-20-22-24-26-28-30-32-34-36-41(44)46-39(37-42)38-45-40(43)35-33-31-29-27-25-23-21-18-16-14-12-10-8-6-4-2/h12,14,17-19,21-22,24-25,27-28,30,39,42H,3-11,13,15-16,20,23,26,29,31-38H2,1-2H3/b14-12-,19-17-,21-18-,24-22-,27-25-,30-28-/t39-/m0/s1. The number of allylic oxidation sites excluding steroid dienone is 12. The molecular weight excluding hydrogens is 572 g/mol. The van der Waals surface area contributed by atoms with Gasteiger partial charge in [-0.25, -0.2) is 0 Å². The molecule has 0 fully saturated rings. The van der Waals surface area contributed by atoms with Crippen molar-refractivity contribution in [2.75, 3.05) is 13.2 Å². The van der Waals surface area contributed by atoms with Gasteiger partial charge < -0.3 is 14.6 Å². The van der Waals surface area contributed by atoms with Crippen molar-refractivity contribution >= 4 is 11.9 Å². The number of rotatable bonds is 32. The Bertz CT molecular complexity index is 864. The van der Waals surface area contributed by atoms with Gasteiger partial charge in [-0.3, -0.25) is 9.59 Å². The molecule has 0 aromatic carbocycles. The monoisotopic (exact) mass is 641 g/mol. The second-order valence-corrected chi connectivity index (χ2v) is 11.9. The number of hydrogen-bond acceptors (Lipinski definition) is 5. The van der Waals surface area contributed by atoms with E-state index in [4.69, 9.17) is 9.47 Å². The van der Waals surface area contributed by atoms with Crippen molar-refractivity contribution in [3.8, 4) is 0 Å². The largest absolute Gasteiger partial charge is 0.462 e. The summed E-state index contributed by atoms with van der Waals surface area (Å²) in [4.78, 5) is 24.2. The number of unbranched alkanes of at least 4 members (excludes halogenated alkanes) is 12. The van der Waals surface area contributed by atoms with Gasteiger partial charge >= 0.3 is 11.9 Å². The number of carbonyl (C=O) groups is 2. The van der Waals surface area contributed by atoms with Crippen LogP contribution in [0.2, 0.25) is 0 Å². The Balaban J connectivity index is 3.75. The quantitative estimate of drug-likeness (QED) is 0.0450. The lowest BCUT2D eigenvalue weighted by Gasteiger charge is -2.15. The van der Waals surface area contributed by atoms with Crippen LogP contribution in [0.25, 0.3) is 0 Å². The van der Waals surface area contributed by atoms with Gasteiger partial charge in [-0.1, -0.05) is 132 Å². The zero-order valence-electron chi connectivity index (χ0n) is 29.6. The van der Waals surface area contributed by atoms with Crippen LogP contribution in [0, 0.1) is 0 Å². The van der Waals surface area contributed by atoms with Crippen molar-refractivity contribution in [2.45, 2.75) is 161 Å². The smallest absolute Gasteiger partial charge is 0.306 e. The van der Waals surface area contributed by atoms with Gasteiger partial charge in [-0.15, -0.1) is 0 Å². The Morgan fingerprint density at radius 3 is 1.41 bits per heavy atom. The minimum absolute atomic E-state index is 0.109. The fourth-order valence-electron chi connectivity index (χ4n) is 4.63. The van der Waals surface area contributed by atoms with Crippen LogP contribution in [-0.4, -0.2) is 36.4 Å². The maximum atomic E-state index is 12.1. The zero-order chi connectivity index (χ0) is 33.6. The van der Waals surface area contributed by atoms with Crippen LogP contribution in [-0.2, 0) is 19.1 Å². The summed E-state index contributed by atoms with van der Waals surface area (Å²) >= 11 is 0. The summed E-state index contributed by atoms with van der Waals surface area (Å²) in [6.07, 6.45) is 48.2. The fourth-order valence-corrected chi connectivity index (χ4v) is 4.63. The average molecular weight is 641 g/mol. The Hall–Kier alpha value is -2.66. The van der Waals surface area contributed by atoms with E-state index in [0.717, 1.165) is 51.4 Å². The van der Waals surface area contributed by atoms with E-state index in [0.29, 0.717) is 12.8 Å². The molecule has 0 unspecified atom stereocenters. The second-order valence-electron chi connectivity index (χ2n) is 11.9. The molecule has 0 aromatic rings. The molecular formula is C41H68O5. The molecule has 0 aliphatic heterocycles. The van der Waals surface area contributed by atoms with Crippen LogP contribution < -0.4 is 0 Å². The highest BCUT2D eigenvalue weighted by molar-refractivity contribution is 5.70. The van der Waals surface area contributed by atoms with Crippen LogP contribution >= 0.6 is 0 Å². The van der Waals surface area contributed by atoms with Crippen molar-refractivity contribution in [1.82, 2.24) is 0 Å². The van der Waals surface area contributed by atoms with Crippen molar-refractivity contribution in [3.63, 3.8) is 0 Å². The van der Waals surface area contributed by atoms with Crippen molar-refractivity contribution < 1.29 is 24.2 Å². The molecule has 0 bridgehead atoms. The SMILES string of the molecule is CCCCC/C=C\C/C=C\C/C=C\CCCCC(=O)OC[C@H](CO)OC(=O)CCC/C=C\C/C=C\C/C=C\CCCCCCCC. The molecule has 46 heavy (non-hydrogen) atoms. The molecule has 0 spiro atoms. The minimum atomic E-state index is -0.815. The van der Waals surface area contributed by atoms with E-state index >= 15 is 0 Å². The number of esters is 2. The van der Waals surface area contributed by atoms with Gasteiger partial charge in [-0.05, 0) is 83.5 Å². The van der Waals surface area contributed by atoms with Gasteiger partial charge in [0.05, 0.1) is 6.61 Å². The first-order valence-corrected chi connectivity index (χ1v) is 18.5. The van der Waals surface area contributed by atoms with Gasteiger partial charge in [0.2, 0.25) is 0 Å². The molecule has 0 aliphatic carbocycles. The van der Waals surface area contributed by atoms with E-state index in [1.165, 1.54) is 70.6 Å². The Labute approximate surface area is 283 Å². The summed E-state index contributed by atoms with van der Waals surface area (Å²) in [6.45, 7) is 4.00. The fraction of sp³-hybridized carbons (Fsp3) is 0.659. The van der Waals surface area contributed by atoms with E-state index in [1.807, 2.05) is 0 Å². The van der Waals surface area contributed by atoms with E-state index in [9.17, 15) is 14.7 Å².